The Bertz CT molecular complexity index is 489. The summed E-state index contributed by atoms with van der Waals surface area (Å²) >= 11 is 3.37. The second kappa shape index (κ2) is 4.35. The monoisotopic (exact) mass is 305 g/mol. The van der Waals surface area contributed by atoms with Gasteiger partial charge in [-0.2, -0.15) is 0 Å². The molecule has 6 heteroatoms. The van der Waals surface area contributed by atoms with Gasteiger partial charge in [-0.25, -0.2) is 8.42 Å². The highest BCUT2D eigenvalue weighted by molar-refractivity contribution is 9.10. The average Bonchev–Trinajstić information content (AvgIpc) is 2.18. The van der Waals surface area contributed by atoms with Crippen molar-refractivity contribution in [2.24, 2.45) is 5.73 Å². The number of sulfone groups is 1. The molecule has 1 aromatic rings. The molecule has 1 aromatic carbocycles. The SMILES string of the molecule is NCc1ccc(OC2CS(=O)(=O)C2)c(Br)c1. The molecule has 1 heterocycles. The minimum Gasteiger partial charge on any atom is -0.487 e. The largest absolute Gasteiger partial charge is 0.487 e. The molecule has 16 heavy (non-hydrogen) atoms. The van der Waals surface area contributed by atoms with Gasteiger partial charge in [-0.3, -0.25) is 0 Å². The molecule has 1 saturated heterocycles. The Labute approximate surface area is 103 Å². The molecular weight excluding hydrogens is 294 g/mol. The Hall–Kier alpha value is -0.590. The first-order chi connectivity index (χ1) is 7.50. The second-order valence-corrected chi connectivity index (χ2v) is 6.79. The molecule has 0 aromatic heterocycles. The summed E-state index contributed by atoms with van der Waals surface area (Å²) in [4.78, 5) is 0. The lowest BCUT2D eigenvalue weighted by atomic mass is 10.2. The second-order valence-electron chi connectivity index (χ2n) is 3.79. The van der Waals surface area contributed by atoms with Crippen molar-refractivity contribution < 1.29 is 13.2 Å². The zero-order valence-corrected chi connectivity index (χ0v) is 10.9. The van der Waals surface area contributed by atoms with E-state index in [0.29, 0.717) is 12.3 Å². The van der Waals surface area contributed by atoms with Crippen LogP contribution in [0.2, 0.25) is 0 Å². The van der Waals surface area contributed by atoms with E-state index in [2.05, 4.69) is 15.9 Å². The van der Waals surface area contributed by atoms with Gasteiger partial charge in [-0.05, 0) is 33.6 Å². The number of nitrogens with two attached hydrogens (primary N) is 1. The lowest BCUT2D eigenvalue weighted by molar-refractivity contribution is 0.229. The molecule has 0 bridgehead atoms. The highest BCUT2D eigenvalue weighted by atomic mass is 79.9. The number of ether oxygens (including phenoxy) is 1. The molecule has 1 aliphatic rings. The lowest BCUT2D eigenvalue weighted by Crippen LogP contribution is -2.45. The molecule has 0 aliphatic carbocycles. The van der Waals surface area contributed by atoms with Crippen LogP contribution in [0.4, 0.5) is 0 Å². The third-order valence-electron chi connectivity index (χ3n) is 2.41. The molecule has 1 fully saturated rings. The van der Waals surface area contributed by atoms with E-state index in [1.54, 1.807) is 6.07 Å². The Kier molecular flexibility index (Phi) is 3.23. The van der Waals surface area contributed by atoms with Crippen molar-refractivity contribution in [3.05, 3.63) is 28.2 Å². The van der Waals surface area contributed by atoms with Gasteiger partial charge >= 0.3 is 0 Å². The molecule has 4 nitrogen and oxygen atoms in total. The average molecular weight is 306 g/mol. The summed E-state index contributed by atoms with van der Waals surface area (Å²) < 4.78 is 28.3. The molecule has 0 amide bonds. The lowest BCUT2D eigenvalue weighted by Gasteiger charge is -2.27. The van der Waals surface area contributed by atoms with Gasteiger partial charge in [0.2, 0.25) is 0 Å². The standard InChI is InChI=1S/C10H12BrNO3S/c11-9-3-7(4-12)1-2-10(9)15-8-5-16(13,14)6-8/h1-3,8H,4-6,12H2. The van der Waals surface area contributed by atoms with Crippen LogP contribution in [0.25, 0.3) is 0 Å². The Morgan fingerprint density at radius 1 is 1.44 bits per heavy atom. The van der Waals surface area contributed by atoms with E-state index in [9.17, 15) is 8.42 Å². The Morgan fingerprint density at radius 3 is 2.62 bits per heavy atom. The fourth-order valence-corrected chi connectivity index (χ4v) is 3.22. The summed E-state index contributed by atoms with van der Waals surface area (Å²) in [7, 11) is -2.84. The van der Waals surface area contributed by atoms with Crippen molar-refractivity contribution in [3.63, 3.8) is 0 Å². The van der Waals surface area contributed by atoms with Crippen molar-refractivity contribution >= 4 is 25.8 Å². The van der Waals surface area contributed by atoms with Gasteiger partial charge in [-0.15, -0.1) is 0 Å². The predicted molar refractivity (Wildman–Crippen MR) is 65.1 cm³/mol. The third-order valence-corrected chi connectivity index (χ3v) is 4.78. The summed E-state index contributed by atoms with van der Waals surface area (Å²) in [6.07, 6.45) is -0.218. The number of halogens is 1. The minimum atomic E-state index is -2.84. The van der Waals surface area contributed by atoms with Crippen LogP contribution in [0, 0.1) is 0 Å². The van der Waals surface area contributed by atoms with E-state index in [4.69, 9.17) is 10.5 Å². The molecule has 88 valence electrons. The van der Waals surface area contributed by atoms with E-state index in [0.717, 1.165) is 10.0 Å². The fraction of sp³-hybridized carbons (Fsp3) is 0.400. The van der Waals surface area contributed by atoms with E-state index in [1.807, 2.05) is 12.1 Å². The summed E-state index contributed by atoms with van der Waals surface area (Å²) in [6, 6.07) is 5.55. The van der Waals surface area contributed by atoms with Crippen LogP contribution < -0.4 is 10.5 Å². The van der Waals surface area contributed by atoms with Crippen molar-refractivity contribution in [3.8, 4) is 5.75 Å². The fourth-order valence-electron chi connectivity index (χ4n) is 1.53. The minimum absolute atomic E-state index is 0.109. The van der Waals surface area contributed by atoms with Gasteiger partial charge in [-0.1, -0.05) is 6.07 Å². The highest BCUT2D eigenvalue weighted by Crippen LogP contribution is 2.28. The van der Waals surface area contributed by atoms with Gasteiger partial charge in [0, 0.05) is 6.54 Å². The third kappa shape index (κ3) is 2.56. The summed E-state index contributed by atoms with van der Waals surface area (Å²) in [6.45, 7) is 0.469. The number of benzene rings is 1. The number of hydrogen-bond donors (Lipinski definition) is 1. The molecule has 0 unspecified atom stereocenters. The molecule has 1 aliphatic heterocycles. The summed E-state index contributed by atoms with van der Waals surface area (Å²) in [5.74, 6) is 0.882. The van der Waals surface area contributed by atoms with Gasteiger partial charge in [0.25, 0.3) is 0 Å². The van der Waals surface area contributed by atoms with Gasteiger partial charge < -0.3 is 10.5 Å². The van der Waals surface area contributed by atoms with E-state index in [-0.39, 0.29) is 17.6 Å². The maximum atomic E-state index is 11.0. The number of rotatable bonds is 3. The molecule has 0 radical (unpaired) electrons. The molecule has 2 N–H and O–H groups in total. The first-order valence-electron chi connectivity index (χ1n) is 4.86. The highest BCUT2D eigenvalue weighted by Gasteiger charge is 2.35. The van der Waals surface area contributed by atoms with Gasteiger partial charge in [0.1, 0.15) is 11.9 Å². The van der Waals surface area contributed by atoms with Crippen LogP contribution in [0.1, 0.15) is 5.56 Å². The van der Waals surface area contributed by atoms with E-state index in [1.165, 1.54) is 0 Å². The van der Waals surface area contributed by atoms with Crippen LogP contribution >= 0.6 is 15.9 Å². The van der Waals surface area contributed by atoms with Gasteiger partial charge in [0.15, 0.2) is 9.84 Å². The number of hydrogen-bond acceptors (Lipinski definition) is 4. The zero-order chi connectivity index (χ0) is 11.8. The first kappa shape index (κ1) is 11.9. The predicted octanol–water partition coefficient (Wildman–Crippen LogP) is 1.08. The molecular formula is C10H12BrNO3S. The van der Waals surface area contributed by atoms with Crippen LogP contribution in [-0.2, 0) is 16.4 Å². The Balaban J connectivity index is 2.06. The van der Waals surface area contributed by atoms with Crippen LogP contribution in [0.15, 0.2) is 22.7 Å². The van der Waals surface area contributed by atoms with Gasteiger partial charge in [0.05, 0.1) is 16.0 Å². The summed E-state index contributed by atoms with van der Waals surface area (Å²) in [5, 5.41) is 0. The van der Waals surface area contributed by atoms with E-state index < -0.39 is 9.84 Å². The van der Waals surface area contributed by atoms with Crippen molar-refractivity contribution in [2.75, 3.05) is 11.5 Å². The molecule has 0 spiro atoms. The topological polar surface area (TPSA) is 69.4 Å². The molecule has 0 saturated carbocycles. The van der Waals surface area contributed by atoms with Crippen molar-refractivity contribution in [2.45, 2.75) is 12.6 Å². The smallest absolute Gasteiger partial charge is 0.157 e. The van der Waals surface area contributed by atoms with Crippen LogP contribution in [0.3, 0.4) is 0 Å². The Morgan fingerprint density at radius 2 is 2.12 bits per heavy atom. The van der Waals surface area contributed by atoms with Crippen LogP contribution in [0.5, 0.6) is 5.75 Å². The van der Waals surface area contributed by atoms with Crippen molar-refractivity contribution in [1.29, 1.82) is 0 Å². The molecule has 2 rings (SSSR count). The zero-order valence-electron chi connectivity index (χ0n) is 8.52. The maximum Gasteiger partial charge on any atom is 0.157 e. The van der Waals surface area contributed by atoms with Crippen LogP contribution in [-0.4, -0.2) is 26.0 Å². The summed E-state index contributed by atoms with van der Waals surface area (Å²) in [5.41, 5.74) is 6.50. The maximum absolute atomic E-state index is 11.0. The molecule has 0 atom stereocenters. The van der Waals surface area contributed by atoms with Crippen molar-refractivity contribution in [1.82, 2.24) is 0 Å². The first-order valence-corrected chi connectivity index (χ1v) is 7.47. The quantitative estimate of drug-likeness (QED) is 0.907. The van der Waals surface area contributed by atoms with E-state index >= 15 is 0 Å². The normalized spacial score (nSPS) is 19.1.